The molecular formula is C16H16EuN2O2. The molecule has 4 nitrogen and oxygen atoms in total. The van der Waals surface area contributed by atoms with Gasteiger partial charge in [0, 0.05) is 72.9 Å². The van der Waals surface area contributed by atoms with Crippen LogP contribution in [0.5, 0.6) is 11.5 Å². The molecule has 21 heavy (non-hydrogen) atoms. The molecule has 0 fully saturated rings. The fraction of sp³-hybridized carbons (Fsp3) is 0.125. The number of benzene rings is 2. The monoisotopic (exact) mass is 421 g/mol. The summed E-state index contributed by atoms with van der Waals surface area (Å²) in [5, 5.41) is 19.1. The van der Waals surface area contributed by atoms with Gasteiger partial charge in [0.15, 0.2) is 0 Å². The molecule has 5 heteroatoms. The van der Waals surface area contributed by atoms with E-state index in [9.17, 15) is 10.2 Å². The molecule has 0 aliphatic carbocycles. The Morgan fingerprint density at radius 3 is 1.48 bits per heavy atom. The molecule has 0 heterocycles. The van der Waals surface area contributed by atoms with Gasteiger partial charge in [-0.05, 0) is 24.3 Å². The van der Waals surface area contributed by atoms with E-state index in [-0.39, 0.29) is 60.9 Å². The summed E-state index contributed by atoms with van der Waals surface area (Å²) < 4.78 is 0. The van der Waals surface area contributed by atoms with Crippen molar-refractivity contribution in [2.75, 3.05) is 13.1 Å². The molecule has 0 saturated carbocycles. The number of para-hydroxylation sites is 2. The SMILES string of the molecule is Oc1ccccc1/C=N/CC/N=C/c1ccccc1O.[Eu]. The van der Waals surface area contributed by atoms with Crippen molar-refractivity contribution in [3.63, 3.8) is 0 Å². The second-order valence-electron chi connectivity index (χ2n) is 4.19. The van der Waals surface area contributed by atoms with Crippen LogP contribution in [0.4, 0.5) is 0 Å². The topological polar surface area (TPSA) is 65.2 Å². The summed E-state index contributed by atoms with van der Waals surface area (Å²) in [6.45, 7) is 1.05. The van der Waals surface area contributed by atoms with Gasteiger partial charge >= 0.3 is 0 Å². The maximum Gasteiger partial charge on any atom is 0.124 e. The zero-order valence-corrected chi connectivity index (χ0v) is 13.8. The Kier molecular flexibility index (Phi) is 8.42. The van der Waals surface area contributed by atoms with Gasteiger partial charge in [0.25, 0.3) is 0 Å². The van der Waals surface area contributed by atoms with Crippen LogP contribution >= 0.6 is 0 Å². The fourth-order valence-electron chi connectivity index (χ4n) is 1.63. The number of aromatic hydroxyl groups is 2. The Bertz CT molecular complexity index is 572. The van der Waals surface area contributed by atoms with Gasteiger partial charge in [0.2, 0.25) is 0 Å². The van der Waals surface area contributed by atoms with Crippen LogP contribution in [0.15, 0.2) is 58.5 Å². The third kappa shape index (κ3) is 6.08. The van der Waals surface area contributed by atoms with Gasteiger partial charge in [0.1, 0.15) is 11.5 Å². The van der Waals surface area contributed by atoms with E-state index in [1.165, 1.54) is 0 Å². The van der Waals surface area contributed by atoms with Crippen molar-refractivity contribution in [2.24, 2.45) is 9.98 Å². The average Bonchev–Trinajstić information content (AvgIpc) is 2.46. The van der Waals surface area contributed by atoms with Crippen LogP contribution in [0.25, 0.3) is 0 Å². The number of nitrogens with zero attached hydrogens (tertiary/aromatic N) is 2. The number of hydrogen-bond acceptors (Lipinski definition) is 4. The molecular weight excluding hydrogens is 404 g/mol. The van der Waals surface area contributed by atoms with Crippen LogP contribution in [-0.4, -0.2) is 35.7 Å². The van der Waals surface area contributed by atoms with Gasteiger partial charge in [-0.15, -0.1) is 0 Å². The minimum absolute atomic E-state index is 0. The Hall–Kier alpha value is -1.04. The van der Waals surface area contributed by atoms with Crippen molar-refractivity contribution in [3.8, 4) is 11.5 Å². The van der Waals surface area contributed by atoms with Crippen molar-refractivity contribution in [3.05, 3.63) is 59.7 Å². The van der Waals surface area contributed by atoms with E-state index < -0.39 is 0 Å². The summed E-state index contributed by atoms with van der Waals surface area (Å²) in [4.78, 5) is 8.39. The summed E-state index contributed by atoms with van der Waals surface area (Å²) in [6.07, 6.45) is 3.26. The summed E-state index contributed by atoms with van der Waals surface area (Å²) in [6, 6.07) is 14.1. The smallest absolute Gasteiger partial charge is 0.124 e. The van der Waals surface area contributed by atoms with Gasteiger partial charge in [-0.2, -0.15) is 0 Å². The molecule has 0 amide bonds. The number of hydrogen-bond donors (Lipinski definition) is 2. The Labute approximate surface area is 164 Å². The van der Waals surface area contributed by atoms with Gasteiger partial charge in [0.05, 0.1) is 13.1 Å². The van der Waals surface area contributed by atoms with Crippen molar-refractivity contribution in [1.29, 1.82) is 0 Å². The van der Waals surface area contributed by atoms with Gasteiger partial charge in [-0.25, -0.2) is 0 Å². The third-order valence-electron chi connectivity index (χ3n) is 2.69. The van der Waals surface area contributed by atoms with Gasteiger partial charge in [-0.1, -0.05) is 24.3 Å². The first-order valence-electron chi connectivity index (χ1n) is 6.33. The molecule has 0 aromatic heterocycles. The van der Waals surface area contributed by atoms with Gasteiger partial charge < -0.3 is 10.2 Å². The molecule has 0 bridgehead atoms. The van der Waals surface area contributed by atoms with E-state index in [1.54, 1.807) is 48.8 Å². The minimum atomic E-state index is 0. The van der Waals surface area contributed by atoms with Crippen molar-refractivity contribution >= 4 is 12.4 Å². The van der Waals surface area contributed by atoms with Crippen molar-refractivity contribution < 1.29 is 59.6 Å². The first-order valence-corrected chi connectivity index (χ1v) is 6.33. The van der Waals surface area contributed by atoms with Crippen molar-refractivity contribution in [1.82, 2.24) is 0 Å². The number of rotatable bonds is 5. The van der Waals surface area contributed by atoms with E-state index >= 15 is 0 Å². The second-order valence-corrected chi connectivity index (χ2v) is 4.19. The number of phenolic OH excluding ortho intramolecular Hbond substituents is 2. The van der Waals surface area contributed by atoms with Crippen LogP contribution in [0.3, 0.4) is 0 Å². The van der Waals surface area contributed by atoms with Crippen LogP contribution in [-0.2, 0) is 0 Å². The average molecular weight is 420 g/mol. The maximum absolute atomic E-state index is 9.54. The summed E-state index contributed by atoms with van der Waals surface area (Å²) >= 11 is 0. The number of phenols is 2. The second kappa shape index (κ2) is 9.82. The van der Waals surface area contributed by atoms with E-state index in [0.29, 0.717) is 24.2 Å². The summed E-state index contributed by atoms with van der Waals surface area (Å²) in [5.41, 5.74) is 1.38. The summed E-state index contributed by atoms with van der Waals surface area (Å²) in [7, 11) is 0. The molecule has 0 unspecified atom stereocenters. The third-order valence-corrected chi connectivity index (χ3v) is 2.69. The minimum Gasteiger partial charge on any atom is -0.507 e. The predicted molar refractivity (Wildman–Crippen MR) is 81.1 cm³/mol. The normalized spacial score (nSPS) is 10.9. The van der Waals surface area contributed by atoms with Crippen LogP contribution in [0, 0.1) is 49.4 Å². The first-order chi connectivity index (χ1) is 9.77. The Morgan fingerprint density at radius 1 is 0.714 bits per heavy atom. The fourth-order valence-corrected chi connectivity index (χ4v) is 1.63. The molecule has 109 valence electrons. The molecule has 2 aromatic carbocycles. The molecule has 0 aliphatic heterocycles. The van der Waals surface area contributed by atoms with E-state index in [1.807, 2.05) is 12.1 Å². The molecule has 0 aliphatic rings. The van der Waals surface area contributed by atoms with Crippen LogP contribution in [0.1, 0.15) is 11.1 Å². The van der Waals surface area contributed by atoms with Gasteiger partial charge in [-0.3, -0.25) is 9.98 Å². The standard InChI is InChI=1S/C16H16N2O2.Eu/c19-15-7-3-1-5-13(15)11-17-9-10-18-12-14-6-2-4-8-16(14)20;/h1-8,11-12,19-20H,9-10H2;/b17-11+,18-12+;. The molecule has 2 N–H and O–H groups in total. The molecule has 0 spiro atoms. The number of aliphatic imine (C=N–C) groups is 2. The molecule has 2 rings (SSSR count). The van der Waals surface area contributed by atoms with E-state index in [0.717, 1.165) is 0 Å². The van der Waals surface area contributed by atoms with E-state index in [4.69, 9.17) is 0 Å². The predicted octanol–water partition coefficient (Wildman–Crippen LogP) is 2.64. The quantitative estimate of drug-likeness (QED) is 0.577. The van der Waals surface area contributed by atoms with Crippen LogP contribution < -0.4 is 0 Å². The zero-order valence-electron chi connectivity index (χ0n) is 11.4. The van der Waals surface area contributed by atoms with Crippen LogP contribution in [0.2, 0.25) is 0 Å². The molecule has 0 atom stereocenters. The summed E-state index contributed by atoms with van der Waals surface area (Å²) in [5.74, 6) is 0.433. The molecule has 0 saturated heterocycles. The molecule has 2 aromatic rings. The largest absolute Gasteiger partial charge is 0.507 e. The maximum atomic E-state index is 9.54. The van der Waals surface area contributed by atoms with Crippen molar-refractivity contribution in [2.45, 2.75) is 0 Å². The Morgan fingerprint density at radius 2 is 1.10 bits per heavy atom. The molecule has 1 radical (unpaired) electrons. The zero-order chi connectivity index (χ0) is 14.2. The van der Waals surface area contributed by atoms with E-state index in [2.05, 4.69) is 9.98 Å². The first kappa shape index (κ1) is 18.0. The Balaban J connectivity index is 0.00000220.